The van der Waals surface area contributed by atoms with Gasteiger partial charge >= 0.3 is 0 Å². The van der Waals surface area contributed by atoms with E-state index < -0.39 is 0 Å². The third kappa shape index (κ3) is 4.96. The first-order valence-corrected chi connectivity index (χ1v) is 10.9. The van der Waals surface area contributed by atoms with Crippen molar-refractivity contribution in [2.75, 3.05) is 26.2 Å². The Bertz CT molecular complexity index is 820. The summed E-state index contributed by atoms with van der Waals surface area (Å²) in [5, 5.41) is 4.27. The topological polar surface area (TPSA) is 41.4 Å². The molecule has 2 aliphatic rings. The molecule has 1 amide bonds. The summed E-state index contributed by atoms with van der Waals surface area (Å²) in [7, 11) is 2.00. The van der Waals surface area contributed by atoms with E-state index in [1.54, 1.807) is 0 Å². The molecule has 2 aromatic rings. The van der Waals surface area contributed by atoms with Gasteiger partial charge in [-0.05, 0) is 56.3 Å². The van der Waals surface area contributed by atoms with E-state index >= 15 is 0 Å². The minimum atomic E-state index is 0.142. The molecule has 0 N–H and O–H groups in total. The number of allylic oxidation sites excluding steroid dienone is 1. The number of likely N-dealkylation sites (tertiary alicyclic amines) is 1. The van der Waals surface area contributed by atoms with Gasteiger partial charge in [0.25, 0.3) is 0 Å². The lowest BCUT2D eigenvalue weighted by molar-refractivity contribution is -0.137. The van der Waals surface area contributed by atoms with Crippen molar-refractivity contribution in [1.82, 2.24) is 19.6 Å². The highest BCUT2D eigenvalue weighted by molar-refractivity contribution is 5.80. The molecule has 0 aliphatic carbocycles. The number of piperidine rings is 1. The molecule has 154 valence electrons. The largest absolute Gasteiger partial charge is 0.338 e. The van der Waals surface area contributed by atoms with Crippen molar-refractivity contribution >= 4 is 5.91 Å². The fourth-order valence-corrected chi connectivity index (χ4v) is 4.67. The normalized spacial score (nSPS) is 21.5. The Kier molecular flexibility index (Phi) is 6.45. The van der Waals surface area contributed by atoms with Crippen LogP contribution in [-0.2, 0) is 24.8 Å². The number of rotatable bonds is 6. The maximum atomic E-state index is 13.3. The molecule has 1 fully saturated rings. The van der Waals surface area contributed by atoms with E-state index in [1.807, 2.05) is 24.0 Å². The quantitative estimate of drug-likeness (QED) is 0.709. The summed E-state index contributed by atoms with van der Waals surface area (Å²) in [5.74, 6) is 0.992. The van der Waals surface area contributed by atoms with E-state index in [4.69, 9.17) is 0 Å². The highest BCUT2D eigenvalue weighted by Crippen LogP contribution is 2.31. The number of aromatic nitrogens is 2. The SMILES string of the molecule is Cn1nccc1CN1CCC([C@@H]2CC=CCN(CCc3ccccc3)C2=O)CC1. The van der Waals surface area contributed by atoms with Crippen LogP contribution in [0.1, 0.15) is 30.5 Å². The van der Waals surface area contributed by atoms with Gasteiger partial charge in [-0.15, -0.1) is 0 Å². The summed E-state index contributed by atoms with van der Waals surface area (Å²) < 4.78 is 1.95. The number of carbonyl (C=O) groups is 1. The van der Waals surface area contributed by atoms with Crippen LogP contribution in [-0.4, -0.2) is 51.7 Å². The number of carbonyl (C=O) groups excluding carboxylic acids is 1. The molecule has 0 saturated carbocycles. The van der Waals surface area contributed by atoms with Gasteiger partial charge < -0.3 is 4.90 Å². The second-order valence-corrected chi connectivity index (χ2v) is 8.39. The van der Waals surface area contributed by atoms with E-state index in [-0.39, 0.29) is 5.92 Å². The molecule has 1 aromatic carbocycles. The second-order valence-electron chi connectivity index (χ2n) is 8.39. The zero-order valence-electron chi connectivity index (χ0n) is 17.4. The minimum absolute atomic E-state index is 0.142. The van der Waals surface area contributed by atoms with Gasteiger partial charge in [0.2, 0.25) is 5.91 Å². The fourth-order valence-electron chi connectivity index (χ4n) is 4.67. The molecule has 0 radical (unpaired) electrons. The van der Waals surface area contributed by atoms with Crippen molar-refractivity contribution in [2.24, 2.45) is 18.9 Å². The number of amides is 1. The number of hydrogen-bond donors (Lipinski definition) is 0. The highest BCUT2D eigenvalue weighted by atomic mass is 16.2. The first-order chi connectivity index (χ1) is 14.2. The molecule has 0 unspecified atom stereocenters. The maximum absolute atomic E-state index is 13.3. The molecule has 2 aliphatic heterocycles. The Morgan fingerprint density at radius 2 is 1.86 bits per heavy atom. The van der Waals surface area contributed by atoms with Crippen LogP contribution in [0, 0.1) is 11.8 Å². The molecule has 0 bridgehead atoms. The van der Waals surface area contributed by atoms with Crippen LogP contribution in [0.2, 0.25) is 0 Å². The van der Waals surface area contributed by atoms with Gasteiger partial charge in [-0.2, -0.15) is 5.10 Å². The van der Waals surface area contributed by atoms with Gasteiger partial charge in [0.15, 0.2) is 0 Å². The van der Waals surface area contributed by atoms with Crippen LogP contribution in [0.3, 0.4) is 0 Å². The molecule has 5 nitrogen and oxygen atoms in total. The number of nitrogens with zero attached hydrogens (tertiary/aromatic N) is 4. The van der Waals surface area contributed by atoms with E-state index in [0.29, 0.717) is 11.8 Å². The third-order valence-electron chi connectivity index (χ3n) is 6.53. The van der Waals surface area contributed by atoms with Crippen molar-refractivity contribution in [3.63, 3.8) is 0 Å². The minimum Gasteiger partial charge on any atom is -0.338 e. The van der Waals surface area contributed by atoms with Crippen molar-refractivity contribution in [2.45, 2.75) is 32.2 Å². The standard InChI is InChI=1S/C24H32N4O/c1-26-22(10-14-25-26)19-27-16-12-21(13-17-27)23-9-5-6-15-28(24(23)29)18-11-20-7-3-2-4-8-20/h2-8,10,14,21,23H,9,11-13,15-19H2,1H3/t23-/m0/s1. The summed E-state index contributed by atoms with van der Waals surface area (Å²) in [6, 6.07) is 12.6. The Labute approximate surface area is 174 Å². The van der Waals surface area contributed by atoms with E-state index in [9.17, 15) is 4.79 Å². The maximum Gasteiger partial charge on any atom is 0.226 e. The molecular formula is C24H32N4O. The van der Waals surface area contributed by atoms with Crippen molar-refractivity contribution in [3.05, 3.63) is 66.0 Å². The summed E-state index contributed by atoms with van der Waals surface area (Å²) in [5.41, 5.74) is 2.55. The molecule has 3 heterocycles. The Morgan fingerprint density at radius 1 is 1.07 bits per heavy atom. The lowest BCUT2D eigenvalue weighted by atomic mass is 9.81. The van der Waals surface area contributed by atoms with Gasteiger partial charge in [0.1, 0.15) is 0 Å². The van der Waals surface area contributed by atoms with Crippen molar-refractivity contribution in [1.29, 1.82) is 0 Å². The van der Waals surface area contributed by atoms with Crippen LogP contribution < -0.4 is 0 Å². The molecular weight excluding hydrogens is 360 g/mol. The van der Waals surface area contributed by atoms with Crippen LogP contribution in [0.5, 0.6) is 0 Å². The van der Waals surface area contributed by atoms with Crippen LogP contribution in [0.25, 0.3) is 0 Å². The average molecular weight is 393 g/mol. The van der Waals surface area contributed by atoms with Gasteiger partial charge in [-0.25, -0.2) is 0 Å². The monoisotopic (exact) mass is 392 g/mol. The lowest BCUT2D eigenvalue weighted by Crippen LogP contribution is -2.43. The summed E-state index contributed by atoms with van der Waals surface area (Å²) in [4.78, 5) is 17.9. The molecule has 5 heteroatoms. The highest BCUT2D eigenvalue weighted by Gasteiger charge is 2.34. The Balaban J connectivity index is 1.32. The van der Waals surface area contributed by atoms with Gasteiger partial charge in [-0.1, -0.05) is 42.5 Å². The van der Waals surface area contributed by atoms with E-state index in [2.05, 4.69) is 57.4 Å². The fraction of sp³-hybridized carbons (Fsp3) is 0.500. The molecule has 1 atom stereocenters. The van der Waals surface area contributed by atoms with Gasteiger partial charge in [0, 0.05) is 38.8 Å². The number of benzene rings is 1. The van der Waals surface area contributed by atoms with Gasteiger partial charge in [-0.3, -0.25) is 14.4 Å². The first-order valence-electron chi connectivity index (χ1n) is 10.9. The van der Waals surface area contributed by atoms with E-state index in [0.717, 1.165) is 58.4 Å². The van der Waals surface area contributed by atoms with Crippen LogP contribution in [0.15, 0.2) is 54.7 Å². The third-order valence-corrected chi connectivity index (χ3v) is 6.53. The summed E-state index contributed by atoms with van der Waals surface area (Å²) in [6.45, 7) is 4.64. The van der Waals surface area contributed by atoms with Gasteiger partial charge in [0.05, 0.1) is 5.69 Å². The molecule has 1 aromatic heterocycles. The zero-order chi connectivity index (χ0) is 20.1. The summed E-state index contributed by atoms with van der Waals surface area (Å²) in [6.07, 6.45) is 10.3. The van der Waals surface area contributed by atoms with Crippen LogP contribution in [0.4, 0.5) is 0 Å². The second kappa shape index (κ2) is 9.40. The predicted octanol–water partition coefficient (Wildman–Crippen LogP) is 3.28. The molecule has 29 heavy (non-hydrogen) atoms. The average Bonchev–Trinajstić information content (AvgIpc) is 3.06. The smallest absolute Gasteiger partial charge is 0.226 e. The Morgan fingerprint density at radius 3 is 2.59 bits per heavy atom. The van der Waals surface area contributed by atoms with Crippen molar-refractivity contribution < 1.29 is 4.79 Å². The number of aryl methyl sites for hydroxylation is 1. The number of hydrogen-bond acceptors (Lipinski definition) is 3. The zero-order valence-corrected chi connectivity index (χ0v) is 17.4. The van der Waals surface area contributed by atoms with Crippen molar-refractivity contribution in [3.8, 4) is 0 Å². The lowest BCUT2D eigenvalue weighted by Gasteiger charge is -2.36. The summed E-state index contributed by atoms with van der Waals surface area (Å²) >= 11 is 0. The molecule has 0 spiro atoms. The molecule has 1 saturated heterocycles. The molecule has 4 rings (SSSR count). The first kappa shape index (κ1) is 19.9. The van der Waals surface area contributed by atoms with Crippen LogP contribution >= 0.6 is 0 Å². The predicted molar refractivity (Wildman–Crippen MR) is 115 cm³/mol. The Hall–Kier alpha value is -2.40. The van der Waals surface area contributed by atoms with E-state index in [1.165, 1.54) is 11.3 Å².